The number of hydrogen-bond donors (Lipinski definition) is 1. The maximum absolute atomic E-state index is 13.7. The highest BCUT2D eigenvalue weighted by Crippen LogP contribution is 2.13. The molecule has 1 rings (SSSR count). The quantitative estimate of drug-likeness (QED) is 0.751. The van der Waals surface area contributed by atoms with Crippen LogP contribution in [0.25, 0.3) is 0 Å². The van der Waals surface area contributed by atoms with Gasteiger partial charge in [0.05, 0.1) is 5.56 Å². The molecule has 1 aromatic rings. The third-order valence-electron chi connectivity index (χ3n) is 3.13. The first kappa shape index (κ1) is 16.2. The van der Waals surface area contributed by atoms with E-state index in [1.807, 2.05) is 0 Å². The van der Waals surface area contributed by atoms with Crippen molar-refractivity contribution in [2.45, 2.75) is 33.1 Å². The van der Waals surface area contributed by atoms with Gasteiger partial charge in [-0.3, -0.25) is 4.79 Å². The second kappa shape index (κ2) is 8.31. The number of halogens is 2. The first-order valence-electron chi connectivity index (χ1n) is 6.68. The molecule has 4 heteroatoms. The number of nitrogens with one attached hydrogen (secondary N) is 1. The molecule has 0 aromatic heterocycles. The number of alkyl halides is 1. The predicted molar refractivity (Wildman–Crippen MR) is 80.3 cm³/mol. The van der Waals surface area contributed by atoms with Gasteiger partial charge >= 0.3 is 0 Å². The Balaban J connectivity index is 2.58. The Kier molecular flexibility index (Phi) is 7.06. The van der Waals surface area contributed by atoms with Gasteiger partial charge in [0.1, 0.15) is 5.82 Å². The summed E-state index contributed by atoms with van der Waals surface area (Å²) < 4.78 is 13.7. The molecule has 1 N–H and O–H groups in total. The van der Waals surface area contributed by atoms with E-state index in [0.29, 0.717) is 12.5 Å². The standard InChI is InChI=1S/C15H21BrFNO/c1-3-4-12(7-8-16)10-18-15(19)13-6-5-11(2)9-14(13)17/h5-6,9,12H,3-4,7-8,10H2,1-2H3,(H,18,19). The summed E-state index contributed by atoms with van der Waals surface area (Å²) in [5.41, 5.74) is 0.942. The molecule has 0 bridgehead atoms. The number of amides is 1. The molecular weight excluding hydrogens is 309 g/mol. The lowest BCUT2D eigenvalue weighted by Gasteiger charge is -2.15. The summed E-state index contributed by atoms with van der Waals surface area (Å²) in [4.78, 5) is 11.9. The van der Waals surface area contributed by atoms with Gasteiger partial charge in [-0.25, -0.2) is 4.39 Å². The van der Waals surface area contributed by atoms with E-state index in [1.165, 1.54) is 6.07 Å². The lowest BCUT2D eigenvalue weighted by atomic mass is 10.0. The molecule has 0 heterocycles. The second-order valence-electron chi connectivity index (χ2n) is 4.83. The van der Waals surface area contributed by atoms with Crippen LogP contribution in [0.5, 0.6) is 0 Å². The lowest BCUT2D eigenvalue weighted by Crippen LogP contribution is -2.30. The maximum atomic E-state index is 13.7. The number of carbonyl (C=O) groups is 1. The van der Waals surface area contributed by atoms with Crippen LogP contribution in [0.4, 0.5) is 4.39 Å². The van der Waals surface area contributed by atoms with Crippen molar-refractivity contribution >= 4 is 21.8 Å². The van der Waals surface area contributed by atoms with E-state index >= 15 is 0 Å². The molecule has 1 unspecified atom stereocenters. The van der Waals surface area contributed by atoms with E-state index in [9.17, 15) is 9.18 Å². The van der Waals surface area contributed by atoms with Gasteiger partial charge in [-0.2, -0.15) is 0 Å². The van der Waals surface area contributed by atoms with Gasteiger partial charge in [0.15, 0.2) is 0 Å². The van der Waals surface area contributed by atoms with E-state index in [2.05, 4.69) is 28.2 Å². The van der Waals surface area contributed by atoms with Gasteiger partial charge in [-0.05, 0) is 43.4 Å². The fraction of sp³-hybridized carbons (Fsp3) is 0.533. The summed E-state index contributed by atoms with van der Waals surface area (Å²) in [6, 6.07) is 4.68. The van der Waals surface area contributed by atoms with Crippen molar-refractivity contribution in [3.05, 3.63) is 35.1 Å². The Morgan fingerprint density at radius 1 is 1.42 bits per heavy atom. The van der Waals surface area contributed by atoms with E-state index in [1.54, 1.807) is 19.1 Å². The number of rotatable bonds is 7. The van der Waals surface area contributed by atoms with Crippen molar-refractivity contribution in [3.8, 4) is 0 Å². The van der Waals surface area contributed by atoms with Crippen LogP contribution in [0.2, 0.25) is 0 Å². The predicted octanol–water partition coefficient (Wildman–Crippen LogP) is 4.07. The zero-order chi connectivity index (χ0) is 14.3. The minimum Gasteiger partial charge on any atom is -0.352 e. The monoisotopic (exact) mass is 329 g/mol. The zero-order valence-electron chi connectivity index (χ0n) is 11.5. The van der Waals surface area contributed by atoms with E-state index in [0.717, 1.165) is 30.2 Å². The molecule has 2 nitrogen and oxygen atoms in total. The third kappa shape index (κ3) is 5.31. The number of hydrogen-bond acceptors (Lipinski definition) is 1. The molecule has 0 saturated heterocycles. The fourth-order valence-corrected chi connectivity index (χ4v) is 2.70. The van der Waals surface area contributed by atoms with Crippen molar-refractivity contribution < 1.29 is 9.18 Å². The Morgan fingerprint density at radius 3 is 2.74 bits per heavy atom. The molecule has 1 aromatic carbocycles. The lowest BCUT2D eigenvalue weighted by molar-refractivity contribution is 0.0942. The molecule has 0 aliphatic carbocycles. The summed E-state index contributed by atoms with van der Waals surface area (Å²) in [7, 11) is 0. The molecule has 0 radical (unpaired) electrons. The maximum Gasteiger partial charge on any atom is 0.254 e. The van der Waals surface area contributed by atoms with E-state index in [4.69, 9.17) is 0 Å². The SMILES string of the molecule is CCCC(CCBr)CNC(=O)c1ccc(C)cc1F. The second-order valence-corrected chi connectivity index (χ2v) is 5.62. The molecule has 0 aliphatic rings. The highest BCUT2D eigenvalue weighted by molar-refractivity contribution is 9.09. The molecule has 1 amide bonds. The van der Waals surface area contributed by atoms with Crippen LogP contribution >= 0.6 is 15.9 Å². The number of benzene rings is 1. The third-order valence-corrected chi connectivity index (χ3v) is 3.59. The average molecular weight is 330 g/mol. The van der Waals surface area contributed by atoms with Crippen LogP contribution in [-0.2, 0) is 0 Å². The van der Waals surface area contributed by atoms with E-state index in [-0.39, 0.29) is 11.5 Å². The van der Waals surface area contributed by atoms with Crippen LogP contribution in [0.15, 0.2) is 18.2 Å². The largest absolute Gasteiger partial charge is 0.352 e. The van der Waals surface area contributed by atoms with Gasteiger partial charge in [0.25, 0.3) is 5.91 Å². The summed E-state index contributed by atoms with van der Waals surface area (Å²) in [6.07, 6.45) is 3.18. The summed E-state index contributed by atoms with van der Waals surface area (Å²) in [6.45, 7) is 4.53. The van der Waals surface area contributed by atoms with Crippen LogP contribution in [0, 0.1) is 18.7 Å². The highest BCUT2D eigenvalue weighted by Gasteiger charge is 2.13. The van der Waals surface area contributed by atoms with Crippen LogP contribution in [0.1, 0.15) is 42.1 Å². The van der Waals surface area contributed by atoms with E-state index < -0.39 is 5.82 Å². The normalized spacial score (nSPS) is 12.2. The van der Waals surface area contributed by atoms with Crippen molar-refractivity contribution in [1.29, 1.82) is 0 Å². The first-order chi connectivity index (χ1) is 9.08. The van der Waals surface area contributed by atoms with Crippen molar-refractivity contribution in [1.82, 2.24) is 5.32 Å². The molecule has 19 heavy (non-hydrogen) atoms. The van der Waals surface area contributed by atoms with Gasteiger partial charge in [-0.15, -0.1) is 0 Å². The molecule has 106 valence electrons. The summed E-state index contributed by atoms with van der Waals surface area (Å²) >= 11 is 3.42. The molecule has 0 aliphatic heterocycles. The molecular formula is C15H21BrFNO. The van der Waals surface area contributed by atoms with Crippen LogP contribution < -0.4 is 5.32 Å². The smallest absolute Gasteiger partial charge is 0.254 e. The Bertz CT molecular complexity index is 417. The minimum atomic E-state index is -0.454. The molecule has 0 spiro atoms. The number of aryl methyl sites for hydroxylation is 1. The molecule has 1 atom stereocenters. The molecule has 0 fully saturated rings. The Labute approximate surface area is 122 Å². The first-order valence-corrected chi connectivity index (χ1v) is 7.81. The summed E-state index contributed by atoms with van der Waals surface area (Å²) in [5, 5.41) is 3.75. The summed E-state index contributed by atoms with van der Waals surface area (Å²) in [5.74, 6) is -0.333. The van der Waals surface area contributed by atoms with Gasteiger partial charge in [0, 0.05) is 11.9 Å². The fourth-order valence-electron chi connectivity index (χ4n) is 2.05. The van der Waals surface area contributed by atoms with Crippen molar-refractivity contribution in [3.63, 3.8) is 0 Å². The Hall–Kier alpha value is -0.900. The number of carbonyl (C=O) groups excluding carboxylic acids is 1. The van der Waals surface area contributed by atoms with Crippen molar-refractivity contribution in [2.75, 3.05) is 11.9 Å². The van der Waals surface area contributed by atoms with Gasteiger partial charge in [0.2, 0.25) is 0 Å². The van der Waals surface area contributed by atoms with Crippen LogP contribution in [-0.4, -0.2) is 17.8 Å². The zero-order valence-corrected chi connectivity index (χ0v) is 13.1. The van der Waals surface area contributed by atoms with Gasteiger partial charge < -0.3 is 5.32 Å². The Morgan fingerprint density at radius 2 is 2.16 bits per heavy atom. The molecule has 0 saturated carbocycles. The van der Waals surface area contributed by atoms with Crippen molar-refractivity contribution in [2.24, 2.45) is 5.92 Å². The topological polar surface area (TPSA) is 29.1 Å². The average Bonchev–Trinajstić information content (AvgIpc) is 2.36. The highest BCUT2D eigenvalue weighted by atomic mass is 79.9. The minimum absolute atomic E-state index is 0.125. The van der Waals surface area contributed by atoms with Crippen LogP contribution in [0.3, 0.4) is 0 Å². The van der Waals surface area contributed by atoms with Gasteiger partial charge in [-0.1, -0.05) is 35.3 Å².